The lowest BCUT2D eigenvalue weighted by Gasteiger charge is -2.11. The molecule has 0 unspecified atom stereocenters. The van der Waals surface area contributed by atoms with Crippen molar-refractivity contribution in [2.24, 2.45) is 0 Å². The van der Waals surface area contributed by atoms with Gasteiger partial charge in [-0.3, -0.25) is 0 Å². The number of para-hydroxylation sites is 2. The van der Waals surface area contributed by atoms with Gasteiger partial charge in [0.15, 0.2) is 17.5 Å². The molecule has 0 aliphatic carbocycles. The molecule has 0 saturated carbocycles. The third kappa shape index (κ3) is 5.48. The molecule has 0 aliphatic rings. The van der Waals surface area contributed by atoms with E-state index >= 15 is 0 Å². The van der Waals surface area contributed by atoms with Crippen LogP contribution in [0.3, 0.4) is 0 Å². The van der Waals surface area contributed by atoms with Crippen LogP contribution in [0.4, 0.5) is 0 Å². The van der Waals surface area contributed by atoms with E-state index in [0.717, 1.165) is 47.0 Å². The molecule has 0 aliphatic heterocycles. The lowest BCUT2D eigenvalue weighted by atomic mass is 10.0. The molecular weight excluding hydrogens is 701 g/mol. The SMILES string of the molecule is [2H]c1c([2H])c([2H])c(-n2c3c([2H])c([2H])c([2H])c([2H])c3c3c([2H])c(-c4ccc(-c5nc(-c6ccc(-c7ccccc7)cc6)nc(-c6cccc7c6sc6ccccc67)n5)cc4)c([2H])c([2H])c32)c([2H])c1[2H]. The highest BCUT2D eigenvalue weighted by Gasteiger charge is 2.18. The lowest BCUT2D eigenvalue weighted by Crippen LogP contribution is -2.00. The number of fused-ring (bicyclic) bond motifs is 6. The van der Waals surface area contributed by atoms with Gasteiger partial charge in [-0.05, 0) is 64.6 Å². The van der Waals surface area contributed by atoms with Crippen LogP contribution in [-0.2, 0) is 0 Å². The van der Waals surface area contributed by atoms with Gasteiger partial charge in [0.25, 0.3) is 0 Å². The minimum Gasteiger partial charge on any atom is -0.309 e. The van der Waals surface area contributed by atoms with Crippen LogP contribution in [-0.4, -0.2) is 19.5 Å². The van der Waals surface area contributed by atoms with Crippen LogP contribution in [0.25, 0.3) is 104 Å². The molecule has 11 aromatic rings. The van der Waals surface area contributed by atoms with Crippen LogP contribution in [0.2, 0.25) is 0 Å². The molecule has 0 bridgehead atoms. The first-order chi connectivity index (χ1) is 32.7. The summed E-state index contributed by atoms with van der Waals surface area (Å²) in [5.41, 5.74) is 3.57. The zero-order valence-electron chi connectivity index (χ0n) is 41.2. The molecule has 8 aromatic carbocycles. The van der Waals surface area contributed by atoms with Crippen molar-refractivity contribution in [2.75, 3.05) is 0 Å². The summed E-state index contributed by atoms with van der Waals surface area (Å²) in [5, 5.41) is 1.88. The van der Waals surface area contributed by atoms with Crippen molar-refractivity contribution in [1.82, 2.24) is 19.5 Å². The molecule has 0 radical (unpaired) electrons. The van der Waals surface area contributed by atoms with E-state index in [2.05, 4.69) is 18.2 Å². The van der Waals surface area contributed by atoms with Crippen molar-refractivity contribution in [2.45, 2.75) is 0 Å². The molecule has 3 aromatic heterocycles. The van der Waals surface area contributed by atoms with Gasteiger partial charge in [0.05, 0.1) is 27.5 Å². The first-order valence-corrected chi connectivity index (χ1v) is 18.6. The normalized spacial score (nSPS) is 14.6. The molecule has 0 N–H and O–H groups in total. The van der Waals surface area contributed by atoms with Crippen molar-refractivity contribution < 1.29 is 16.4 Å². The maximum atomic E-state index is 9.63. The molecular formula is C51H32N4S. The summed E-state index contributed by atoms with van der Waals surface area (Å²) < 4.78 is 109. The predicted octanol–water partition coefficient (Wildman–Crippen LogP) is 13.7. The van der Waals surface area contributed by atoms with Crippen LogP contribution in [0.1, 0.15) is 16.4 Å². The number of aromatic nitrogens is 4. The maximum absolute atomic E-state index is 9.63. The number of thiophene rings is 1. The number of hydrogen-bond donors (Lipinski definition) is 0. The van der Waals surface area contributed by atoms with E-state index in [1.807, 2.05) is 78.9 Å². The third-order valence-corrected chi connectivity index (χ3v) is 11.1. The fourth-order valence-corrected chi connectivity index (χ4v) is 8.36. The molecule has 0 spiro atoms. The average Bonchev–Trinajstić information content (AvgIpc) is 3.93. The van der Waals surface area contributed by atoms with E-state index in [4.69, 9.17) is 27.3 Å². The molecule has 3 heterocycles. The van der Waals surface area contributed by atoms with Gasteiger partial charge in [-0.25, -0.2) is 15.0 Å². The average molecular weight is 745 g/mol. The van der Waals surface area contributed by atoms with Crippen molar-refractivity contribution in [3.63, 3.8) is 0 Å². The molecule has 262 valence electrons. The molecule has 56 heavy (non-hydrogen) atoms. The minimum absolute atomic E-state index is 0.0199. The van der Waals surface area contributed by atoms with E-state index in [9.17, 15) is 4.11 Å². The fraction of sp³-hybridized carbons (Fsp3) is 0. The molecule has 0 saturated heterocycles. The maximum Gasteiger partial charge on any atom is 0.165 e. The third-order valence-electron chi connectivity index (χ3n) is 9.83. The van der Waals surface area contributed by atoms with Gasteiger partial charge < -0.3 is 4.57 Å². The number of nitrogens with zero attached hydrogens (tertiary/aromatic N) is 4. The van der Waals surface area contributed by atoms with E-state index in [-0.39, 0.29) is 33.4 Å². The van der Waals surface area contributed by atoms with Crippen LogP contribution in [0.5, 0.6) is 0 Å². The number of rotatable bonds is 6. The Bertz CT molecular complexity index is 3900. The van der Waals surface area contributed by atoms with Crippen LogP contribution >= 0.6 is 11.3 Å². The Labute approximate surface area is 344 Å². The van der Waals surface area contributed by atoms with Gasteiger partial charge in [-0.1, -0.05) is 151 Å². The van der Waals surface area contributed by atoms with Gasteiger partial charge >= 0.3 is 0 Å². The van der Waals surface area contributed by atoms with Crippen LogP contribution in [0.15, 0.2) is 194 Å². The van der Waals surface area contributed by atoms with Crippen LogP contribution in [0, 0.1) is 0 Å². The van der Waals surface area contributed by atoms with Gasteiger partial charge in [0.1, 0.15) is 0 Å². The second-order valence-electron chi connectivity index (χ2n) is 13.1. The van der Waals surface area contributed by atoms with Gasteiger partial charge in [0, 0.05) is 53.3 Å². The highest BCUT2D eigenvalue weighted by Crippen LogP contribution is 2.40. The first kappa shape index (κ1) is 22.2. The lowest BCUT2D eigenvalue weighted by molar-refractivity contribution is 1.08. The number of hydrogen-bond acceptors (Lipinski definition) is 4. The van der Waals surface area contributed by atoms with Gasteiger partial charge in [-0.2, -0.15) is 0 Å². The van der Waals surface area contributed by atoms with E-state index in [0.29, 0.717) is 28.6 Å². The van der Waals surface area contributed by atoms with Crippen molar-refractivity contribution in [3.8, 4) is 62.1 Å². The summed E-state index contributed by atoms with van der Waals surface area (Å²) >= 11 is 1.66. The molecule has 11 rings (SSSR count). The van der Waals surface area contributed by atoms with Crippen LogP contribution < -0.4 is 0 Å². The minimum atomic E-state index is -0.701. The van der Waals surface area contributed by atoms with Crippen molar-refractivity contribution >= 4 is 53.3 Å². The zero-order valence-corrected chi connectivity index (χ0v) is 30.1. The molecule has 0 amide bonds. The second kappa shape index (κ2) is 13.3. The monoisotopic (exact) mass is 744 g/mol. The van der Waals surface area contributed by atoms with Gasteiger partial charge in [0.2, 0.25) is 0 Å². The second-order valence-corrected chi connectivity index (χ2v) is 14.2. The molecule has 5 heteroatoms. The highest BCUT2D eigenvalue weighted by molar-refractivity contribution is 7.26. The Hall–Kier alpha value is -7.21. The molecule has 0 fully saturated rings. The first-order valence-electron chi connectivity index (χ1n) is 23.8. The Kier molecular flexibility index (Phi) is 5.27. The summed E-state index contributed by atoms with van der Waals surface area (Å²) in [6.07, 6.45) is 0. The largest absolute Gasteiger partial charge is 0.309 e. The zero-order chi connectivity index (χ0) is 47.4. The molecule has 0 atom stereocenters. The van der Waals surface area contributed by atoms with Gasteiger partial charge in [-0.15, -0.1) is 11.3 Å². The summed E-state index contributed by atoms with van der Waals surface area (Å²) in [5.74, 6) is 1.26. The quantitative estimate of drug-likeness (QED) is 0.170. The Morgan fingerprint density at radius 1 is 0.411 bits per heavy atom. The van der Waals surface area contributed by atoms with Crippen molar-refractivity contribution in [1.29, 1.82) is 0 Å². The van der Waals surface area contributed by atoms with Crippen molar-refractivity contribution in [3.05, 3.63) is 194 Å². The predicted molar refractivity (Wildman–Crippen MR) is 234 cm³/mol. The Balaban J connectivity index is 1.10. The Morgan fingerprint density at radius 2 is 1.00 bits per heavy atom. The molecule has 4 nitrogen and oxygen atoms in total. The topological polar surface area (TPSA) is 43.6 Å². The van der Waals surface area contributed by atoms with E-state index in [1.165, 1.54) is 0 Å². The number of benzene rings is 8. The smallest absolute Gasteiger partial charge is 0.165 e. The summed E-state index contributed by atoms with van der Waals surface area (Å²) in [6, 6.07) is 32.0. The Morgan fingerprint density at radius 3 is 1.77 bits per heavy atom. The summed E-state index contributed by atoms with van der Waals surface area (Å²) in [4.78, 5) is 15.1. The highest BCUT2D eigenvalue weighted by atomic mass is 32.1. The summed E-state index contributed by atoms with van der Waals surface area (Å²) in [6.45, 7) is 0. The summed E-state index contributed by atoms with van der Waals surface area (Å²) in [7, 11) is 0. The van der Waals surface area contributed by atoms with E-state index < -0.39 is 72.2 Å². The standard InChI is InChI=1S/C51H32N4S/c1-3-12-33(13-4-1)34-22-26-36(27-23-34)49-52-50(54-51(53-49)43-19-11-18-42-41-17-8-10-21-47(41)56-48(42)43)37-28-24-35(25-29-37)38-30-31-46-44(32-38)40-16-7-9-20-45(40)55(46)39-14-5-2-6-15-39/h1-32H/i2D,5D,6D,7D,9D,14D,15D,16D,20D,30D,31D,32D. The van der Waals surface area contributed by atoms with E-state index in [1.54, 1.807) is 35.6 Å². The fourth-order valence-electron chi connectivity index (χ4n) is 7.14.